The molecular weight excluding hydrogens is 366 g/mol. The molecule has 0 saturated heterocycles. The van der Waals surface area contributed by atoms with Crippen molar-refractivity contribution < 1.29 is 24.0 Å². The molecule has 148 valence electrons. The standard InChI is InChI=1S/C19H21N3O6/c1-14-4-2-3-5-17(14)27-13-19(24)28-12-18(23)21-11-10-20-15-6-8-16(9-7-15)22(25)26/h2-9,20H,10-13H2,1H3,(H,21,23). The largest absolute Gasteiger partial charge is 0.482 e. The number of nitrogens with one attached hydrogen (secondary N) is 2. The van der Waals surface area contributed by atoms with Crippen molar-refractivity contribution in [2.75, 3.05) is 31.6 Å². The van der Waals surface area contributed by atoms with E-state index in [1.807, 2.05) is 19.1 Å². The number of rotatable bonds is 10. The van der Waals surface area contributed by atoms with Crippen molar-refractivity contribution in [2.24, 2.45) is 0 Å². The monoisotopic (exact) mass is 387 g/mol. The van der Waals surface area contributed by atoms with Gasteiger partial charge in [-0.15, -0.1) is 0 Å². The lowest BCUT2D eigenvalue weighted by Crippen LogP contribution is -2.33. The smallest absolute Gasteiger partial charge is 0.344 e. The van der Waals surface area contributed by atoms with Crippen LogP contribution in [0.25, 0.3) is 0 Å². The van der Waals surface area contributed by atoms with Gasteiger partial charge >= 0.3 is 5.97 Å². The van der Waals surface area contributed by atoms with Crippen LogP contribution in [0.15, 0.2) is 48.5 Å². The van der Waals surface area contributed by atoms with Crippen LogP contribution < -0.4 is 15.4 Å². The minimum Gasteiger partial charge on any atom is -0.482 e. The van der Waals surface area contributed by atoms with E-state index in [1.165, 1.54) is 12.1 Å². The predicted molar refractivity (Wildman–Crippen MR) is 102 cm³/mol. The average molecular weight is 387 g/mol. The maximum atomic E-state index is 11.7. The molecule has 0 atom stereocenters. The number of amides is 1. The third-order valence-electron chi connectivity index (χ3n) is 3.66. The maximum Gasteiger partial charge on any atom is 0.344 e. The van der Waals surface area contributed by atoms with E-state index in [2.05, 4.69) is 10.6 Å². The third-order valence-corrected chi connectivity index (χ3v) is 3.66. The minimum atomic E-state index is -0.637. The number of para-hydroxylation sites is 1. The molecule has 0 heterocycles. The van der Waals surface area contributed by atoms with E-state index in [9.17, 15) is 19.7 Å². The number of carbonyl (C=O) groups is 2. The molecule has 28 heavy (non-hydrogen) atoms. The van der Waals surface area contributed by atoms with Crippen molar-refractivity contribution in [1.29, 1.82) is 0 Å². The molecule has 1 amide bonds. The van der Waals surface area contributed by atoms with Gasteiger partial charge in [0.1, 0.15) is 5.75 Å². The molecule has 0 spiro atoms. The van der Waals surface area contributed by atoms with Crippen LogP contribution >= 0.6 is 0 Å². The molecule has 0 saturated carbocycles. The molecule has 9 nitrogen and oxygen atoms in total. The number of nitro benzene ring substituents is 1. The molecule has 0 unspecified atom stereocenters. The lowest BCUT2D eigenvalue weighted by atomic mass is 10.2. The number of non-ortho nitro benzene ring substituents is 1. The van der Waals surface area contributed by atoms with Crippen LogP contribution in [-0.4, -0.2) is 43.1 Å². The van der Waals surface area contributed by atoms with E-state index in [0.717, 1.165) is 5.56 Å². The Morgan fingerprint density at radius 1 is 1.04 bits per heavy atom. The molecule has 0 aliphatic heterocycles. The Morgan fingerprint density at radius 3 is 2.43 bits per heavy atom. The zero-order valence-corrected chi connectivity index (χ0v) is 15.3. The number of nitro groups is 1. The lowest BCUT2D eigenvalue weighted by Gasteiger charge is -2.10. The summed E-state index contributed by atoms with van der Waals surface area (Å²) in [4.78, 5) is 33.4. The molecular formula is C19H21N3O6. The van der Waals surface area contributed by atoms with E-state index in [1.54, 1.807) is 24.3 Å². The number of hydrogen-bond donors (Lipinski definition) is 2. The number of ether oxygens (including phenoxy) is 2. The zero-order chi connectivity index (χ0) is 20.4. The van der Waals surface area contributed by atoms with Crippen LogP contribution in [0.4, 0.5) is 11.4 Å². The molecule has 0 radical (unpaired) electrons. The van der Waals surface area contributed by atoms with Gasteiger partial charge < -0.3 is 20.1 Å². The van der Waals surface area contributed by atoms with Gasteiger partial charge in [-0.05, 0) is 30.7 Å². The summed E-state index contributed by atoms with van der Waals surface area (Å²) in [5.41, 5.74) is 1.60. The molecule has 0 bridgehead atoms. The number of esters is 1. The van der Waals surface area contributed by atoms with Crippen LogP contribution in [0.5, 0.6) is 5.75 Å². The molecule has 0 fully saturated rings. The Hall–Kier alpha value is -3.62. The normalized spacial score (nSPS) is 10.0. The first kappa shape index (κ1) is 20.7. The number of hydrogen-bond acceptors (Lipinski definition) is 7. The summed E-state index contributed by atoms with van der Waals surface area (Å²) in [6.07, 6.45) is 0. The Balaban J connectivity index is 1.58. The SMILES string of the molecule is Cc1ccccc1OCC(=O)OCC(=O)NCCNc1ccc([N+](=O)[O-])cc1. The molecule has 2 N–H and O–H groups in total. The number of anilines is 1. The Morgan fingerprint density at radius 2 is 1.75 bits per heavy atom. The van der Waals surface area contributed by atoms with Gasteiger partial charge in [-0.1, -0.05) is 18.2 Å². The van der Waals surface area contributed by atoms with Crippen molar-refractivity contribution >= 4 is 23.3 Å². The first-order valence-corrected chi connectivity index (χ1v) is 8.55. The van der Waals surface area contributed by atoms with E-state index in [-0.39, 0.29) is 12.3 Å². The van der Waals surface area contributed by atoms with Crippen molar-refractivity contribution in [1.82, 2.24) is 5.32 Å². The van der Waals surface area contributed by atoms with Gasteiger partial charge in [-0.25, -0.2) is 4.79 Å². The van der Waals surface area contributed by atoms with Gasteiger partial charge in [-0.3, -0.25) is 14.9 Å². The molecule has 2 rings (SSSR count). The van der Waals surface area contributed by atoms with Crippen molar-refractivity contribution in [2.45, 2.75) is 6.92 Å². The number of aryl methyl sites for hydroxylation is 1. The topological polar surface area (TPSA) is 120 Å². The van der Waals surface area contributed by atoms with Crippen LogP contribution in [0.2, 0.25) is 0 Å². The Bertz CT molecular complexity index is 823. The highest BCUT2D eigenvalue weighted by Crippen LogP contribution is 2.16. The highest BCUT2D eigenvalue weighted by atomic mass is 16.6. The predicted octanol–water partition coefficient (Wildman–Crippen LogP) is 2.05. The van der Waals surface area contributed by atoms with Crippen LogP contribution in [0.1, 0.15) is 5.56 Å². The highest BCUT2D eigenvalue weighted by molar-refractivity contribution is 5.80. The summed E-state index contributed by atoms with van der Waals surface area (Å²) in [7, 11) is 0. The van der Waals surface area contributed by atoms with Crippen LogP contribution in [0.3, 0.4) is 0 Å². The molecule has 0 aliphatic carbocycles. The molecule has 0 aliphatic rings. The summed E-state index contributed by atoms with van der Waals surface area (Å²) < 4.78 is 10.2. The Labute approximate surface area is 161 Å². The fraction of sp³-hybridized carbons (Fsp3) is 0.263. The fourth-order valence-corrected chi connectivity index (χ4v) is 2.20. The summed E-state index contributed by atoms with van der Waals surface area (Å²) in [6.45, 7) is 1.90. The summed E-state index contributed by atoms with van der Waals surface area (Å²) in [5, 5.41) is 16.2. The first-order chi connectivity index (χ1) is 13.5. The number of carbonyl (C=O) groups excluding carboxylic acids is 2. The lowest BCUT2D eigenvalue weighted by molar-refractivity contribution is -0.384. The van der Waals surface area contributed by atoms with Gasteiger partial charge in [0, 0.05) is 30.9 Å². The van der Waals surface area contributed by atoms with Gasteiger partial charge in [-0.2, -0.15) is 0 Å². The minimum absolute atomic E-state index is 0.00655. The van der Waals surface area contributed by atoms with Crippen LogP contribution in [0, 0.1) is 17.0 Å². The summed E-state index contributed by atoms with van der Waals surface area (Å²) in [6, 6.07) is 13.2. The average Bonchev–Trinajstić information content (AvgIpc) is 2.69. The Kier molecular flexibility index (Phi) is 7.77. The third kappa shape index (κ3) is 6.94. The summed E-state index contributed by atoms with van der Waals surface area (Å²) in [5.74, 6) is -0.488. The number of nitrogens with zero attached hydrogens (tertiary/aromatic N) is 1. The van der Waals surface area contributed by atoms with E-state index in [4.69, 9.17) is 9.47 Å². The summed E-state index contributed by atoms with van der Waals surface area (Å²) >= 11 is 0. The zero-order valence-electron chi connectivity index (χ0n) is 15.3. The van der Waals surface area contributed by atoms with Crippen molar-refractivity contribution in [3.63, 3.8) is 0 Å². The quantitative estimate of drug-likeness (QED) is 0.277. The molecule has 2 aromatic rings. The van der Waals surface area contributed by atoms with E-state index < -0.39 is 23.4 Å². The molecule has 0 aromatic heterocycles. The van der Waals surface area contributed by atoms with Crippen molar-refractivity contribution in [3.8, 4) is 5.75 Å². The molecule has 2 aromatic carbocycles. The fourth-order valence-electron chi connectivity index (χ4n) is 2.20. The second kappa shape index (κ2) is 10.5. The van der Waals surface area contributed by atoms with Crippen LogP contribution in [-0.2, 0) is 14.3 Å². The first-order valence-electron chi connectivity index (χ1n) is 8.55. The second-order valence-corrected chi connectivity index (χ2v) is 5.80. The maximum absolute atomic E-state index is 11.7. The molecule has 9 heteroatoms. The van der Waals surface area contributed by atoms with Gasteiger partial charge in [0.25, 0.3) is 11.6 Å². The van der Waals surface area contributed by atoms with Gasteiger partial charge in [0.2, 0.25) is 0 Å². The van der Waals surface area contributed by atoms with E-state index >= 15 is 0 Å². The van der Waals surface area contributed by atoms with Gasteiger partial charge in [0.05, 0.1) is 4.92 Å². The number of benzene rings is 2. The van der Waals surface area contributed by atoms with E-state index in [0.29, 0.717) is 24.5 Å². The highest BCUT2D eigenvalue weighted by Gasteiger charge is 2.09. The van der Waals surface area contributed by atoms with Crippen molar-refractivity contribution in [3.05, 3.63) is 64.2 Å². The van der Waals surface area contributed by atoms with Gasteiger partial charge in [0.15, 0.2) is 13.2 Å². The second-order valence-electron chi connectivity index (χ2n) is 5.80.